The zero-order chi connectivity index (χ0) is 29.2. The van der Waals surface area contributed by atoms with Gasteiger partial charge in [0.05, 0.1) is 35.6 Å². The van der Waals surface area contributed by atoms with E-state index in [9.17, 15) is 18.0 Å². The molecule has 0 bridgehead atoms. The van der Waals surface area contributed by atoms with E-state index < -0.39 is 28.4 Å². The van der Waals surface area contributed by atoms with E-state index >= 15 is 0 Å². The van der Waals surface area contributed by atoms with Crippen molar-refractivity contribution in [3.63, 3.8) is 0 Å². The van der Waals surface area contributed by atoms with Crippen LogP contribution in [0.4, 0.5) is 5.69 Å². The average molecular weight is 576 g/mol. The molecule has 1 heterocycles. The molecule has 3 aromatic carbocycles. The molecule has 1 aromatic heterocycles. The number of esters is 1. The van der Waals surface area contributed by atoms with Crippen molar-refractivity contribution >= 4 is 33.8 Å². The van der Waals surface area contributed by atoms with Crippen LogP contribution in [0.2, 0.25) is 0 Å². The normalized spacial score (nSPS) is 11.3. The van der Waals surface area contributed by atoms with Gasteiger partial charge in [0.2, 0.25) is 0 Å². The number of amides is 1. The van der Waals surface area contributed by atoms with Crippen molar-refractivity contribution in [2.45, 2.75) is 18.7 Å². The molecule has 0 aliphatic rings. The van der Waals surface area contributed by atoms with E-state index in [0.717, 1.165) is 9.87 Å². The van der Waals surface area contributed by atoms with Crippen molar-refractivity contribution in [2.24, 2.45) is 5.10 Å². The molecule has 0 aliphatic heterocycles. The fourth-order valence-electron chi connectivity index (χ4n) is 3.81. The molecule has 1 N–H and O–H groups in total. The highest BCUT2D eigenvalue weighted by atomic mass is 32.2. The third-order valence-electron chi connectivity index (χ3n) is 5.74. The molecule has 0 saturated carbocycles. The number of nitrogens with one attached hydrogen (secondary N) is 1. The van der Waals surface area contributed by atoms with Gasteiger partial charge in [0.25, 0.3) is 15.9 Å². The molecule has 212 valence electrons. The Hall–Kier alpha value is -4.90. The first kappa shape index (κ1) is 29.1. The number of hydrogen-bond acceptors (Lipinski definition) is 8. The lowest BCUT2D eigenvalue weighted by molar-refractivity contribution is -0.119. The van der Waals surface area contributed by atoms with Gasteiger partial charge in [-0.25, -0.2) is 18.6 Å². The topological polar surface area (TPSA) is 128 Å². The summed E-state index contributed by atoms with van der Waals surface area (Å²) in [6, 6.07) is 24.4. The number of sulfonamides is 1. The van der Waals surface area contributed by atoms with Crippen molar-refractivity contribution in [1.29, 1.82) is 0 Å². The van der Waals surface area contributed by atoms with Gasteiger partial charge in [-0.2, -0.15) is 5.10 Å². The highest BCUT2D eigenvalue weighted by Gasteiger charge is 2.27. The molecule has 1 amide bonds. The van der Waals surface area contributed by atoms with Crippen LogP contribution in [0.1, 0.15) is 30.0 Å². The van der Waals surface area contributed by atoms with Gasteiger partial charge in [-0.3, -0.25) is 9.10 Å². The highest BCUT2D eigenvalue weighted by Crippen LogP contribution is 2.26. The van der Waals surface area contributed by atoms with Crippen LogP contribution < -0.4 is 14.5 Å². The Morgan fingerprint density at radius 2 is 1.61 bits per heavy atom. The summed E-state index contributed by atoms with van der Waals surface area (Å²) in [6.07, 6.45) is 1.31. The van der Waals surface area contributed by atoms with Crippen LogP contribution >= 0.6 is 0 Å². The monoisotopic (exact) mass is 575 g/mol. The number of rotatable bonds is 12. The lowest BCUT2D eigenvalue weighted by atomic mass is 10.1. The van der Waals surface area contributed by atoms with Gasteiger partial charge in [-0.05, 0) is 74.5 Å². The molecule has 0 unspecified atom stereocenters. The molecule has 0 spiro atoms. The zero-order valence-corrected chi connectivity index (χ0v) is 23.3. The summed E-state index contributed by atoms with van der Waals surface area (Å²) in [5.74, 6) is 0.407. The maximum Gasteiger partial charge on any atom is 0.338 e. The van der Waals surface area contributed by atoms with Crippen molar-refractivity contribution in [3.05, 3.63) is 102 Å². The Balaban J connectivity index is 1.45. The highest BCUT2D eigenvalue weighted by molar-refractivity contribution is 7.92. The first-order valence-corrected chi connectivity index (χ1v) is 14.3. The van der Waals surface area contributed by atoms with E-state index in [4.69, 9.17) is 13.9 Å². The maximum atomic E-state index is 13.4. The smallest absolute Gasteiger partial charge is 0.338 e. The third-order valence-corrected chi connectivity index (χ3v) is 7.53. The number of ether oxygens (including phenoxy) is 2. The minimum absolute atomic E-state index is 0.0450. The third kappa shape index (κ3) is 7.40. The average Bonchev–Trinajstić information content (AvgIpc) is 3.46. The van der Waals surface area contributed by atoms with Gasteiger partial charge < -0.3 is 13.9 Å². The van der Waals surface area contributed by atoms with Crippen LogP contribution in [0.25, 0.3) is 11.3 Å². The second-order valence-electron chi connectivity index (χ2n) is 8.54. The summed E-state index contributed by atoms with van der Waals surface area (Å²) in [5, 5.41) is 3.93. The van der Waals surface area contributed by atoms with Gasteiger partial charge in [-0.1, -0.05) is 30.3 Å². The van der Waals surface area contributed by atoms with E-state index in [1.165, 1.54) is 18.3 Å². The van der Waals surface area contributed by atoms with Gasteiger partial charge in [0.1, 0.15) is 23.8 Å². The lowest BCUT2D eigenvalue weighted by Crippen LogP contribution is -2.39. The van der Waals surface area contributed by atoms with Crippen molar-refractivity contribution in [2.75, 3.05) is 24.1 Å². The van der Waals surface area contributed by atoms with Crippen LogP contribution in [0, 0.1) is 0 Å². The van der Waals surface area contributed by atoms with Gasteiger partial charge in [0, 0.05) is 5.56 Å². The maximum absolute atomic E-state index is 13.4. The van der Waals surface area contributed by atoms with Crippen molar-refractivity contribution < 1.29 is 31.9 Å². The van der Waals surface area contributed by atoms with E-state index in [1.807, 2.05) is 6.92 Å². The number of furan rings is 1. The Labute approximate surface area is 238 Å². The summed E-state index contributed by atoms with van der Waals surface area (Å²) in [5.41, 5.74) is 3.81. The first-order valence-electron chi connectivity index (χ1n) is 12.8. The summed E-state index contributed by atoms with van der Waals surface area (Å²) >= 11 is 0. The molecule has 0 fully saturated rings. The molecule has 4 rings (SSSR count). The Bertz CT molecular complexity index is 1600. The Morgan fingerprint density at radius 3 is 2.27 bits per heavy atom. The van der Waals surface area contributed by atoms with E-state index in [-0.39, 0.29) is 4.90 Å². The summed E-state index contributed by atoms with van der Waals surface area (Å²) in [6.45, 7) is 3.83. The second-order valence-corrected chi connectivity index (χ2v) is 10.4. The fourth-order valence-corrected chi connectivity index (χ4v) is 5.25. The standard InChI is InChI=1S/C30H29N3O7S/c1-3-38-25-16-14-24(15-17-25)33(41(36,37)27-8-6-5-7-9-27)21-29(34)32-31-20-26-18-19-28(40-26)22-10-12-23(13-11-22)30(35)39-4-2/h5-20H,3-4,21H2,1-2H3,(H,32,34)/b31-20-. The van der Waals surface area contributed by atoms with Crippen LogP contribution in [-0.2, 0) is 19.6 Å². The number of nitrogens with zero attached hydrogens (tertiary/aromatic N) is 2. The minimum Gasteiger partial charge on any atom is -0.494 e. The molecule has 10 nitrogen and oxygen atoms in total. The van der Waals surface area contributed by atoms with E-state index in [0.29, 0.717) is 41.7 Å². The molecule has 0 atom stereocenters. The largest absolute Gasteiger partial charge is 0.494 e. The summed E-state index contributed by atoms with van der Waals surface area (Å²) in [4.78, 5) is 24.7. The quantitative estimate of drug-likeness (QED) is 0.145. The molecule has 41 heavy (non-hydrogen) atoms. The SMILES string of the molecule is CCOC(=O)c1ccc(-c2ccc(/C=N\NC(=O)CN(c3ccc(OCC)cc3)S(=O)(=O)c3ccccc3)o2)cc1. The zero-order valence-electron chi connectivity index (χ0n) is 22.5. The number of hydrogen-bond donors (Lipinski definition) is 1. The van der Waals surface area contributed by atoms with Crippen molar-refractivity contribution in [1.82, 2.24) is 5.43 Å². The van der Waals surface area contributed by atoms with Gasteiger partial charge in [0.15, 0.2) is 0 Å². The molecular weight excluding hydrogens is 546 g/mol. The number of carbonyl (C=O) groups is 2. The summed E-state index contributed by atoms with van der Waals surface area (Å²) < 4.78 is 44.1. The van der Waals surface area contributed by atoms with Gasteiger partial charge >= 0.3 is 5.97 Å². The molecule has 0 radical (unpaired) electrons. The van der Waals surface area contributed by atoms with E-state index in [2.05, 4.69) is 10.5 Å². The van der Waals surface area contributed by atoms with E-state index in [1.54, 1.807) is 85.8 Å². The Kier molecular flexibility index (Phi) is 9.54. The molecule has 4 aromatic rings. The van der Waals surface area contributed by atoms with Crippen LogP contribution in [-0.4, -0.2) is 46.3 Å². The van der Waals surface area contributed by atoms with Crippen molar-refractivity contribution in [3.8, 4) is 17.1 Å². The number of hydrazone groups is 1. The summed E-state index contributed by atoms with van der Waals surface area (Å²) in [7, 11) is -4.06. The molecular formula is C30H29N3O7S. The van der Waals surface area contributed by atoms with Crippen LogP contribution in [0.15, 0.2) is 105 Å². The second kappa shape index (κ2) is 13.4. The molecule has 11 heteroatoms. The van der Waals surface area contributed by atoms with Gasteiger partial charge in [-0.15, -0.1) is 0 Å². The van der Waals surface area contributed by atoms with Crippen LogP contribution in [0.3, 0.4) is 0 Å². The lowest BCUT2D eigenvalue weighted by Gasteiger charge is -2.23. The predicted octanol–water partition coefficient (Wildman–Crippen LogP) is 4.87. The number of anilines is 1. The fraction of sp³-hybridized carbons (Fsp3) is 0.167. The number of carbonyl (C=O) groups excluding carboxylic acids is 2. The predicted molar refractivity (Wildman–Crippen MR) is 154 cm³/mol. The first-order chi connectivity index (χ1) is 19.8. The Morgan fingerprint density at radius 1 is 0.902 bits per heavy atom. The van der Waals surface area contributed by atoms with Crippen LogP contribution in [0.5, 0.6) is 5.75 Å². The minimum atomic E-state index is -4.06. The molecule has 0 aliphatic carbocycles. The number of benzene rings is 3. The molecule has 0 saturated heterocycles.